The lowest BCUT2D eigenvalue weighted by atomic mass is 10.3. The molecule has 0 heterocycles. The topological polar surface area (TPSA) is 15.6 Å². The number of allylic oxidation sites excluding steroid dienone is 2. The fourth-order valence-electron chi connectivity index (χ4n) is 1.66. The minimum absolute atomic E-state index is 0.577. The van der Waals surface area contributed by atoms with Gasteiger partial charge in [-0.3, -0.25) is 4.99 Å². The monoisotopic (exact) mass is 258 g/mol. The Bertz CT molecular complexity index is 262. The molecule has 0 fully saturated rings. The molecule has 2 nitrogen and oxygen atoms in total. The summed E-state index contributed by atoms with van der Waals surface area (Å²) in [5, 5.41) is 0. The fraction of sp³-hybridized carbons (Fsp3) is 0.750. The van der Waals surface area contributed by atoms with Crippen molar-refractivity contribution in [2.75, 3.05) is 13.1 Å². The van der Waals surface area contributed by atoms with Crippen LogP contribution in [0.1, 0.15) is 41.5 Å². The molecular weight excluding hydrogens is 235 g/mol. The second kappa shape index (κ2) is 8.17. The molecule has 0 spiro atoms. The zero-order valence-corrected chi connectivity index (χ0v) is 13.3. The van der Waals surface area contributed by atoms with E-state index in [1.807, 2.05) is 6.92 Å². The molecule has 0 bridgehead atoms. The van der Waals surface area contributed by atoms with Gasteiger partial charge in [-0.15, -0.1) is 0 Å². The largest absolute Gasteiger partial charge is 0.546 e. The van der Waals surface area contributed by atoms with Crippen molar-refractivity contribution in [3.05, 3.63) is 11.8 Å². The SMILES string of the molecule is CCN=C(C)/C=C(/C)[N](CC)[Al]([Cl])[CH](C)C. The molecule has 0 radical (unpaired) electrons. The van der Waals surface area contributed by atoms with Crippen molar-refractivity contribution in [1.82, 2.24) is 3.88 Å². The number of aliphatic imine (C=N–C) groups is 1. The van der Waals surface area contributed by atoms with Gasteiger partial charge in [-0.05, 0) is 46.0 Å². The van der Waals surface area contributed by atoms with Gasteiger partial charge in [-0.1, -0.05) is 18.6 Å². The van der Waals surface area contributed by atoms with Crippen molar-refractivity contribution in [3.8, 4) is 0 Å². The highest BCUT2D eigenvalue weighted by atomic mass is 35.6. The predicted molar refractivity (Wildman–Crippen MR) is 76.5 cm³/mol. The van der Waals surface area contributed by atoms with Crippen LogP contribution in [-0.2, 0) is 0 Å². The number of rotatable bonds is 6. The first-order valence-corrected chi connectivity index (χ1v) is 8.96. The van der Waals surface area contributed by atoms with E-state index in [0.717, 1.165) is 18.8 Å². The summed E-state index contributed by atoms with van der Waals surface area (Å²) in [6, 6.07) is 0. The lowest BCUT2D eigenvalue weighted by Gasteiger charge is -2.28. The standard InChI is InChI=1S/C9H17N2.C3H7.Al.ClH/c1-5-10-8(3)7-9(4)11-6-2;1-3-2;;/h7H,5-6H2,1-4H3;3H,1-2H3;;1H/q-1;;+2;/p-1/b8-7-,11-9?;;;. The highest BCUT2D eigenvalue weighted by Gasteiger charge is 2.28. The van der Waals surface area contributed by atoms with Crippen LogP contribution in [0, 0.1) is 0 Å². The fourth-order valence-corrected chi connectivity index (χ4v) is 4.07. The summed E-state index contributed by atoms with van der Waals surface area (Å²) in [6.07, 6.45) is 2.14. The Labute approximate surface area is 109 Å². The summed E-state index contributed by atoms with van der Waals surface area (Å²) in [5.74, 6) is 0. The van der Waals surface area contributed by atoms with Crippen molar-refractivity contribution >= 4 is 29.2 Å². The smallest absolute Gasteiger partial charge is 0.454 e. The molecule has 16 heavy (non-hydrogen) atoms. The van der Waals surface area contributed by atoms with Crippen LogP contribution in [0.5, 0.6) is 0 Å². The van der Waals surface area contributed by atoms with Gasteiger partial charge in [0, 0.05) is 12.3 Å². The molecule has 0 aromatic carbocycles. The van der Waals surface area contributed by atoms with Crippen molar-refractivity contribution < 1.29 is 0 Å². The second-order valence-electron chi connectivity index (χ2n) is 4.30. The van der Waals surface area contributed by atoms with E-state index in [1.54, 1.807) is 0 Å². The molecule has 0 aliphatic rings. The predicted octanol–water partition coefficient (Wildman–Crippen LogP) is 3.83. The number of hydrogen-bond donors (Lipinski definition) is 0. The first kappa shape index (κ1) is 16.0. The van der Waals surface area contributed by atoms with Crippen LogP contribution < -0.4 is 0 Å². The summed E-state index contributed by atoms with van der Waals surface area (Å²) in [7, 11) is 6.52. The highest BCUT2D eigenvalue weighted by Crippen LogP contribution is 2.19. The summed E-state index contributed by atoms with van der Waals surface area (Å²) >= 11 is -1.34. The Morgan fingerprint density at radius 3 is 2.31 bits per heavy atom. The molecule has 0 atom stereocenters. The third-order valence-corrected chi connectivity index (χ3v) is 7.15. The Morgan fingerprint density at radius 1 is 1.38 bits per heavy atom. The highest BCUT2D eigenvalue weighted by molar-refractivity contribution is 7.06. The molecule has 0 saturated heterocycles. The molecular formula is C12H24AlClN2. The minimum atomic E-state index is -1.34. The number of nitrogens with zero attached hydrogens (tertiary/aromatic N) is 2. The summed E-state index contributed by atoms with van der Waals surface area (Å²) in [5.41, 5.74) is 2.33. The van der Waals surface area contributed by atoms with Gasteiger partial charge >= 0.3 is 13.4 Å². The molecule has 0 N–H and O–H groups in total. The maximum Gasteiger partial charge on any atom is 0.546 e. The van der Waals surface area contributed by atoms with Gasteiger partial charge in [0.1, 0.15) is 0 Å². The maximum absolute atomic E-state index is 6.52. The second-order valence-corrected chi connectivity index (χ2v) is 8.35. The summed E-state index contributed by atoms with van der Waals surface area (Å²) in [6.45, 7) is 14.6. The maximum atomic E-state index is 6.52. The van der Waals surface area contributed by atoms with Gasteiger partial charge < -0.3 is 3.88 Å². The zero-order chi connectivity index (χ0) is 12.7. The first-order chi connectivity index (χ1) is 7.43. The molecule has 0 saturated carbocycles. The Hall–Kier alpha value is 0.0325. The van der Waals surface area contributed by atoms with Crippen LogP contribution >= 0.6 is 10.0 Å². The molecule has 0 aromatic rings. The van der Waals surface area contributed by atoms with Gasteiger partial charge in [-0.25, -0.2) is 10.0 Å². The normalized spacial score (nSPS) is 13.2. The van der Waals surface area contributed by atoms with Crippen molar-refractivity contribution in [2.45, 2.75) is 46.3 Å². The molecule has 0 aliphatic heterocycles. The summed E-state index contributed by atoms with van der Waals surface area (Å²) < 4.78 is 2.93. The van der Waals surface area contributed by atoms with Gasteiger partial charge in [0.2, 0.25) is 0 Å². The molecule has 0 unspecified atom stereocenters. The Morgan fingerprint density at radius 2 is 1.94 bits per heavy atom. The molecule has 0 aromatic heterocycles. The molecule has 92 valence electrons. The Balaban J connectivity index is 4.77. The van der Waals surface area contributed by atoms with Gasteiger partial charge in [0.25, 0.3) is 0 Å². The van der Waals surface area contributed by atoms with Crippen molar-refractivity contribution in [3.63, 3.8) is 0 Å². The average molecular weight is 259 g/mol. The van der Waals surface area contributed by atoms with E-state index in [2.05, 4.69) is 49.6 Å². The van der Waals surface area contributed by atoms with Crippen LogP contribution in [0.2, 0.25) is 4.78 Å². The quantitative estimate of drug-likeness (QED) is 0.522. The number of halogens is 1. The van der Waals surface area contributed by atoms with E-state index < -0.39 is 13.4 Å². The zero-order valence-electron chi connectivity index (χ0n) is 11.4. The van der Waals surface area contributed by atoms with E-state index in [1.165, 1.54) is 5.70 Å². The van der Waals surface area contributed by atoms with Gasteiger partial charge in [-0.2, -0.15) is 0 Å². The van der Waals surface area contributed by atoms with Crippen molar-refractivity contribution in [1.29, 1.82) is 0 Å². The Kier molecular flexibility index (Phi) is 8.19. The van der Waals surface area contributed by atoms with E-state index in [9.17, 15) is 0 Å². The molecule has 0 aliphatic carbocycles. The van der Waals surface area contributed by atoms with Crippen LogP contribution in [0.25, 0.3) is 0 Å². The lowest BCUT2D eigenvalue weighted by Crippen LogP contribution is -2.36. The number of hydrogen-bond acceptors (Lipinski definition) is 2. The minimum Gasteiger partial charge on any atom is -0.454 e. The summed E-state index contributed by atoms with van der Waals surface area (Å²) in [4.78, 5) is 4.37. The van der Waals surface area contributed by atoms with E-state index >= 15 is 0 Å². The molecule has 0 rings (SSSR count). The van der Waals surface area contributed by atoms with Crippen LogP contribution in [0.15, 0.2) is 16.8 Å². The van der Waals surface area contributed by atoms with E-state index in [4.69, 9.17) is 10.0 Å². The van der Waals surface area contributed by atoms with Crippen LogP contribution in [-0.4, -0.2) is 36.1 Å². The van der Waals surface area contributed by atoms with E-state index in [-0.39, 0.29) is 0 Å². The van der Waals surface area contributed by atoms with Gasteiger partial charge in [0.05, 0.1) is 0 Å². The van der Waals surface area contributed by atoms with Crippen molar-refractivity contribution in [2.24, 2.45) is 4.99 Å². The van der Waals surface area contributed by atoms with Gasteiger partial charge in [0.15, 0.2) is 0 Å². The average Bonchev–Trinajstić information content (AvgIpc) is 2.18. The molecule has 0 amide bonds. The van der Waals surface area contributed by atoms with Crippen LogP contribution in [0.3, 0.4) is 0 Å². The van der Waals surface area contributed by atoms with E-state index in [0.29, 0.717) is 4.78 Å². The third kappa shape index (κ3) is 5.39. The molecule has 4 heteroatoms. The third-order valence-electron chi connectivity index (χ3n) is 2.47. The first-order valence-electron chi connectivity index (χ1n) is 6.04. The van der Waals surface area contributed by atoms with Crippen LogP contribution in [0.4, 0.5) is 0 Å². The lowest BCUT2D eigenvalue weighted by molar-refractivity contribution is 0.558.